The van der Waals surface area contributed by atoms with Gasteiger partial charge in [-0.05, 0) is 24.1 Å². The van der Waals surface area contributed by atoms with Crippen LogP contribution in [0.5, 0.6) is 5.75 Å². The van der Waals surface area contributed by atoms with Crippen molar-refractivity contribution in [2.75, 3.05) is 6.54 Å². The van der Waals surface area contributed by atoms with Gasteiger partial charge in [-0.3, -0.25) is 0 Å². The normalized spacial score (nSPS) is 11.4. The van der Waals surface area contributed by atoms with Crippen LogP contribution in [0.4, 0.5) is 0 Å². The minimum absolute atomic E-state index is 0.0944. The number of para-hydroxylation sites is 1. The summed E-state index contributed by atoms with van der Waals surface area (Å²) in [7, 11) is -3.66. The summed E-state index contributed by atoms with van der Waals surface area (Å²) >= 11 is 0. The van der Waals surface area contributed by atoms with E-state index in [-0.39, 0.29) is 10.6 Å². The van der Waals surface area contributed by atoms with Crippen LogP contribution in [0.25, 0.3) is 0 Å². The zero-order valence-electron chi connectivity index (χ0n) is 10.3. The van der Waals surface area contributed by atoms with E-state index in [1.165, 1.54) is 12.1 Å². The van der Waals surface area contributed by atoms with Crippen molar-refractivity contribution < 1.29 is 13.5 Å². The standard InChI is InChI=1S/C14H15NO3S/c16-13-8-4-5-9-14(13)19(17,18)15-11-10-12-6-2-1-3-7-12/h1-9,15-16H,10-11H2. The summed E-state index contributed by atoms with van der Waals surface area (Å²) in [6, 6.07) is 15.5. The van der Waals surface area contributed by atoms with E-state index in [9.17, 15) is 13.5 Å². The highest BCUT2D eigenvalue weighted by Gasteiger charge is 2.16. The fraction of sp³-hybridized carbons (Fsp3) is 0.143. The van der Waals surface area contributed by atoms with Crippen molar-refractivity contribution in [1.82, 2.24) is 4.72 Å². The summed E-state index contributed by atoms with van der Waals surface area (Å²) in [6.45, 7) is 0.292. The molecule has 2 aromatic rings. The second-order valence-electron chi connectivity index (χ2n) is 4.10. The van der Waals surface area contributed by atoms with Gasteiger partial charge in [-0.1, -0.05) is 42.5 Å². The summed E-state index contributed by atoms with van der Waals surface area (Å²) < 4.78 is 26.4. The van der Waals surface area contributed by atoms with Gasteiger partial charge in [-0.15, -0.1) is 0 Å². The van der Waals surface area contributed by atoms with Crippen LogP contribution in [-0.2, 0) is 16.4 Å². The molecule has 0 saturated heterocycles. The Kier molecular flexibility index (Phi) is 4.19. The second kappa shape index (κ2) is 5.86. The lowest BCUT2D eigenvalue weighted by atomic mass is 10.2. The molecule has 0 aliphatic carbocycles. The number of phenolic OH excluding ortho intramolecular Hbond substituents is 1. The predicted octanol–water partition coefficient (Wildman–Crippen LogP) is 1.91. The molecule has 2 rings (SSSR count). The van der Waals surface area contributed by atoms with Crippen molar-refractivity contribution in [1.29, 1.82) is 0 Å². The number of nitrogens with one attached hydrogen (secondary N) is 1. The van der Waals surface area contributed by atoms with Crippen LogP contribution < -0.4 is 4.72 Å². The Balaban J connectivity index is 2.01. The third kappa shape index (κ3) is 3.56. The largest absolute Gasteiger partial charge is 0.507 e. The zero-order chi connectivity index (χ0) is 13.7. The van der Waals surface area contributed by atoms with Gasteiger partial charge in [0, 0.05) is 6.54 Å². The second-order valence-corrected chi connectivity index (χ2v) is 5.84. The highest BCUT2D eigenvalue weighted by atomic mass is 32.2. The van der Waals surface area contributed by atoms with Crippen LogP contribution >= 0.6 is 0 Å². The molecule has 0 heterocycles. The van der Waals surface area contributed by atoms with Crippen LogP contribution in [0.2, 0.25) is 0 Å². The monoisotopic (exact) mass is 277 g/mol. The molecule has 0 unspecified atom stereocenters. The molecule has 2 N–H and O–H groups in total. The van der Waals surface area contributed by atoms with E-state index in [1.807, 2.05) is 30.3 Å². The summed E-state index contributed by atoms with van der Waals surface area (Å²) in [5.41, 5.74) is 1.06. The number of sulfonamides is 1. The van der Waals surface area contributed by atoms with Crippen molar-refractivity contribution in [2.24, 2.45) is 0 Å². The number of rotatable bonds is 5. The van der Waals surface area contributed by atoms with Crippen LogP contribution in [0.3, 0.4) is 0 Å². The number of hydrogen-bond acceptors (Lipinski definition) is 3. The SMILES string of the molecule is O=S(=O)(NCCc1ccccc1)c1ccccc1O. The minimum atomic E-state index is -3.66. The van der Waals surface area contributed by atoms with Crippen molar-refractivity contribution >= 4 is 10.0 Å². The topological polar surface area (TPSA) is 66.4 Å². The number of hydrogen-bond donors (Lipinski definition) is 2. The molecule has 19 heavy (non-hydrogen) atoms. The van der Waals surface area contributed by atoms with Crippen molar-refractivity contribution in [3.05, 3.63) is 60.2 Å². The number of benzene rings is 2. The molecule has 2 aromatic carbocycles. The molecule has 4 nitrogen and oxygen atoms in total. The van der Waals surface area contributed by atoms with E-state index < -0.39 is 10.0 Å². The van der Waals surface area contributed by atoms with E-state index in [2.05, 4.69) is 4.72 Å². The Morgan fingerprint density at radius 3 is 2.26 bits per heavy atom. The Labute approximate surface area is 112 Å². The van der Waals surface area contributed by atoms with Gasteiger partial charge in [0.05, 0.1) is 0 Å². The van der Waals surface area contributed by atoms with Crippen LogP contribution in [0.15, 0.2) is 59.5 Å². The smallest absolute Gasteiger partial charge is 0.244 e. The average molecular weight is 277 g/mol. The van der Waals surface area contributed by atoms with Crippen molar-refractivity contribution in [2.45, 2.75) is 11.3 Å². The first-order valence-corrected chi connectivity index (χ1v) is 7.39. The predicted molar refractivity (Wildman–Crippen MR) is 73.4 cm³/mol. The minimum Gasteiger partial charge on any atom is -0.507 e. The number of phenols is 1. The lowest BCUT2D eigenvalue weighted by molar-refractivity contribution is 0.458. The molecule has 0 saturated carbocycles. The molecule has 0 amide bonds. The molecule has 0 fully saturated rings. The summed E-state index contributed by atoms with van der Waals surface area (Å²) in [4.78, 5) is -0.0944. The van der Waals surface area contributed by atoms with Gasteiger partial charge in [0.15, 0.2) is 0 Å². The summed E-state index contributed by atoms with van der Waals surface area (Å²) in [6.07, 6.45) is 0.605. The molecule has 0 aliphatic heterocycles. The zero-order valence-corrected chi connectivity index (χ0v) is 11.1. The molecule has 0 aromatic heterocycles. The van der Waals surface area contributed by atoms with Crippen LogP contribution in [-0.4, -0.2) is 20.1 Å². The first kappa shape index (κ1) is 13.6. The quantitative estimate of drug-likeness (QED) is 0.877. The molecular formula is C14H15NO3S. The molecule has 0 atom stereocenters. The maximum Gasteiger partial charge on any atom is 0.244 e. The Morgan fingerprint density at radius 2 is 1.58 bits per heavy atom. The van der Waals surface area contributed by atoms with Crippen molar-refractivity contribution in [3.63, 3.8) is 0 Å². The summed E-state index contributed by atoms with van der Waals surface area (Å²) in [5, 5.41) is 9.54. The average Bonchev–Trinajstić information content (AvgIpc) is 2.40. The summed E-state index contributed by atoms with van der Waals surface area (Å²) in [5.74, 6) is -0.241. The highest BCUT2D eigenvalue weighted by molar-refractivity contribution is 7.89. The maximum atomic E-state index is 12.0. The molecule has 0 radical (unpaired) electrons. The van der Waals surface area contributed by atoms with Gasteiger partial charge in [0.2, 0.25) is 10.0 Å². The van der Waals surface area contributed by atoms with Crippen molar-refractivity contribution in [3.8, 4) is 5.75 Å². The van der Waals surface area contributed by atoms with E-state index in [4.69, 9.17) is 0 Å². The van der Waals surface area contributed by atoms with Gasteiger partial charge >= 0.3 is 0 Å². The third-order valence-electron chi connectivity index (χ3n) is 2.70. The Hall–Kier alpha value is -1.85. The van der Waals surface area contributed by atoms with E-state index in [1.54, 1.807) is 12.1 Å². The Morgan fingerprint density at radius 1 is 0.947 bits per heavy atom. The fourth-order valence-electron chi connectivity index (χ4n) is 1.74. The van der Waals surface area contributed by atoms with Gasteiger partial charge in [-0.25, -0.2) is 13.1 Å². The fourth-order valence-corrected chi connectivity index (χ4v) is 2.86. The molecule has 100 valence electrons. The van der Waals surface area contributed by atoms with E-state index >= 15 is 0 Å². The van der Waals surface area contributed by atoms with Gasteiger partial charge < -0.3 is 5.11 Å². The van der Waals surface area contributed by atoms with E-state index in [0.717, 1.165) is 5.56 Å². The van der Waals surface area contributed by atoms with Crippen LogP contribution in [0, 0.1) is 0 Å². The first-order valence-electron chi connectivity index (χ1n) is 5.91. The molecule has 0 spiro atoms. The molecule has 0 bridgehead atoms. The number of aromatic hydroxyl groups is 1. The first-order chi connectivity index (χ1) is 9.09. The molecular weight excluding hydrogens is 262 g/mol. The van der Waals surface area contributed by atoms with Crippen LogP contribution in [0.1, 0.15) is 5.56 Å². The third-order valence-corrected chi connectivity index (χ3v) is 4.21. The van der Waals surface area contributed by atoms with Gasteiger partial charge in [0.1, 0.15) is 10.6 Å². The lowest BCUT2D eigenvalue weighted by Crippen LogP contribution is -2.26. The Bertz CT molecular complexity index is 639. The van der Waals surface area contributed by atoms with Gasteiger partial charge in [0.25, 0.3) is 0 Å². The molecule has 0 aliphatic rings. The van der Waals surface area contributed by atoms with E-state index in [0.29, 0.717) is 13.0 Å². The highest BCUT2D eigenvalue weighted by Crippen LogP contribution is 2.20. The lowest BCUT2D eigenvalue weighted by Gasteiger charge is -2.08. The molecule has 5 heteroatoms. The maximum absolute atomic E-state index is 12.0. The van der Waals surface area contributed by atoms with Gasteiger partial charge in [-0.2, -0.15) is 0 Å².